The van der Waals surface area contributed by atoms with Gasteiger partial charge in [-0.1, -0.05) is 11.2 Å². The quantitative estimate of drug-likeness (QED) is 0.858. The van der Waals surface area contributed by atoms with Crippen LogP contribution in [0.3, 0.4) is 0 Å². The minimum Gasteiger partial charge on any atom is -0.406 e. The predicted octanol–water partition coefficient (Wildman–Crippen LogP) is 1.14. The van der Waals surface area contributed by atoms with Crippen molar-refractivity contribution in [1.29, 1.82) is 0 Å². The number of hydrogen-bond donors (Lipinski definition) is 1. The van der Waals surface area contributed by atoms with Gasteiger partial charge in [0.05, 0.1) is 5.69 Å². The van der Waals surface area contributed by atoms with Gasteiger partial charge >= 0.3 is 6.36 Å². The van der Waals surface area contributed by atoms with Gasteiger partial charge < -0.3 is 10.5 Å². The Balaban J connectivity index is 2.32. The Morgan fingerprint density at radius 3 is 2.65 bits per heavy atom. The van der Waals surface area contributed by atoms with Crippen LogP contribution in [0, 0.1) is 0 Å². The zero-order valence-corrected chi connectivity index (χ0v) is 8.22. The fourth-order valence-electron chi connectivity index (χ4n) is 1.19. The summed E-state index contributed by atoms with van der Waals surface area (Å²) in [6, 6.07) is 5.16. The molecule has 0 saturated heterocycles. The van der Waals surface area contributed by atoms with E-state index in [-0.39, 0.29) is 17.4 Å². The van der Waals surface area contributed by atoms with Gasteiger partial charge in [-0.05, 0) is 22.6 Å². The second-order valence-electron chi connectivity index (χ2n) is 2.99. The van der Waals surface area contributed by atoms with E-state index in [1.54, 1.807) is 0 Å². The maximum Gasteiger partial charge on any atom is 0.573 e. The van der Waals surface area contributed by atoms with Crippen molar-refractivity contribution < 1.29 is 17.9 Å². The summed E-state index contributed by atoms with van der Waals surface area (Å²) in [5.41, 5.74) is 5.69. The lowest BCUT2D eigenvalue weighted by Crippen LogP contribution is -2.17. The summed E-state index contributed by atoms with van der Waals surface area (Å²) in [7, 11) is 0. The molecule has 0 spiro atoms. The summed E-state index contributed by atoms with van der Waals surface area (Å²) < 4.78 is 40.8. The number of halogens is 3. The summed E-state index contributed by atoms with van der Waals surface area (Å²) in [5.74, 6) is -0.404. The SMILES string of the molecule is Nc1nnnn1-c1cccc(OC(F)(F)F)c1. The van der Waals surface area contributed by atoms with Gasteiger partial charge in [-0.15, -0.1) is 13.2 Å². The maximum atomic E-state index is 12.0. The molecular formula is C8H6F3N5O. The van der Waals surface area contributed by atoms with Crippen molar-refractivity contribution in [3.8, 4) is 11.4 Å². The van der Waals surface area contributed by atoms with E-state index < -0.39 is 6.36 Å². The Hall–Kier alpha value is -2.32. The minimum absolute atomic E-state index is 0.0332. The lowest BCUT2D eigenvalue weighted by molar-refractivity contribution is -0.274. The Labute approximate surface area is 92.8 Å². The maximum absolute atomic E-state index is 12.0. The molecule has 2 aromatic rings. The fraction of sp³-hybridized carbons (Fsp3) is 0.125. The number of tetrazole rings is 1. The number of benzene rings is 1. The van der Waals surface area contributed by atoms with Crippen LogP contribution in [0.25, 0.3) is 5.69 Å². The summed E-state index contributed by atoms with van der Waals surface area (Å²) in [6.07, 6.45) is -4.75. The minimum atomic E-state index is -4.75. The zero-order chi connectivity index (χ0) is 12.5. The van der Waals surface area contributed by atoms with Crippen LogP contribution in [0.1, 0.15) is 0 Å². The van der Waals surface area contributed by atoms with Gasteiger partial charge in [-0.2, -0.15) is 4.68 Å². The van der Waals surface area contributed by atoms with Crippen LogP contribution in [-0.4, -0.2) is 26.6 Å². The first-order valence-corrected chi connectivity index (χ1v) is 4.36. The molecule has 0 aliphatic heterocycles. The predicted molar refractivity (Wildman–Crippen MR) is 50.2 cm³/mol. The third kappa shape index (κ3) is 2.62. The van der Waals surface area contributed by atoms with Crippen LogP contribution in [0.15, 0.2) is 24.3 Å². The van der Waals surface area contributed by atoms with Crippen molar-refractivity contribution in [2.45, 2.75) is 6.36 Å². The van der Waals surface area contributed by atoms with Crippen molar-refractivity contribution in [2.24, 2.45) is 0 Å². The molecule has 90 valence electrons. The number of nitrogens with two attached hydrogens (primary N) is 1. The molecule has 0 bridgehead atoms. The molecule has 1 aromatic heterocycles. The van der Waals surface area contributed by atoms with Crippen molar-refractivity contribution in [2.75, 3.05) is 5.73 Å². The molecule has 0 aliphatic rings. The number of nitrogens with zero attached hydrogens (tertiary/aromatic N) is 4. The average Bonchev–Trinajstić information content (AvgIpc) is 2.62. The fourth-order valence-corrected chi connectivity index (χ4v) is 1.19. The Morgan fingerprint density at radius 1 is 1.29 bits per heavy atom. The molecule has 0 amide bonds. The van der Waals surface area contributed by atoms with Crippen molar-refractivity contribution in [3.05, 3.63) is 24.3 Å². The summed E-state index contributed by atoms with van der Waals surface area (Å²) in [4.78, 5) is 0. The molecule has 2 rings (SSSR count). The molecule has 6 nitrogen and oxygen atoms in total. The molecule has 0 unspecified atom stereocenters. The van der Waals surface area contributed by atoms with Gasteiger partial charge in [0.15, 0.2) is 0 Å². The molecule has 1 aromatic carbocycles. The molecule has 0 fully saturated rings. The second-order valence-corrected chi connectivity index (χ2v) is 2.99. The van der Waals surface area contributed by atoms with E-state index in [1.807, 2.05) is 0 Å². The number of ether oxygens (including phenoxy) is 1. The number of aromatic nitrogens is 4. The van der Waals surface area contributed by atoms with Crippen LogP contribution < -0.4 is 10.5 Å². The van der Waals surface area contributed by atoms with Crippen LogP contribution in [0.5, 0.6) is 5.75 Å². The highest BCUT2D eigenvalue weighted by molar-refractivity contribution is 5.41. The first kappa shape index (κ1) is 11.2. The first-order valence-electron chi connectivity index (χ1n) is 4.36. The number of nitrogen functional groups attached to an aromatic ring is 1. The highest BCUT2D eigenvalue weighted by atomic mass is 19.4. The van der Waals surface area contributed by atoms with E-state index in [4.69, 9.17) is 5.73 Å². The van der Waals surface area contributed by atoms with Crippen molar-refractivity contribution in [3.63, 3.8) is 0 Å². The van der Waals surface area contributed by atoms with E-state index in [9.17, 15) is 13.2 Å². The third-order valence-corrected chi connectivity index (χ3v) is 1.79. The van der Waals surface area contributed by atoms with Crippen LogP contribution >= 0.6 is 0 Å². The summed E-state index contributed by atoms with van der Waals surface area (Å²) in [6.45, 7) is 0. The second kappa shape index (κ2) is 3.92. The van der Waals surface area contributed by atoms with Gasteiger partial charge in [0.25, 0.3) is 0 Å². The normalized spacial score (nSPS) is 11.5. The number of alkyl halides is 3. The highest BCUT2D eigenvalue weighted by Gasteiger charge is 2.31. The monoisotopic (exact) mass is 245 g/mol. The van der Waals surface area contributed by atoms with E-state index in [2.05, 4.69) is 20.3 Å². The molecule has 0 radical (unpaired) electrons. The van der Waals surface area contributed by atoms with Gasteiger partial charge in [-0.3, -0.25) is 0 Å². The molecule has 9 heteroatoms. The molecule has 2 N–H and O–H groups in total. The number of rotatable bonds is 2. The Morgan fingerprint density at radius 2 is 2.06 bits per heavy atom. The van der Waals surface area contributed by atoms with Crippen molar-refractivity contribution in [1.82, 2.24) is 20.2 Å². The van der Waals surface area contributed by atoms with E-state index in [1.165, 1.54) is 12.1 Å². The Kier molecular flexibility index (Phi) is 2.58. The van der Waals surface area contributed by atoms with E-state index in [0.717, 1.165) is 16.8 Å². The standard InChI is InChI=1S/C8H6F3N5O/c9-8(10,11)17-6-3-1-2-5(4-6)16-7(12)13-14-15-16/h1-4H,(H2,12,13,15). The van der Waals surface area contributed by atoms with Crippen LogP contribution in [-0.2, 0) is 0 Å². The van der Waals surface area contributed by atoms with Gasteiger partial charge in [0, 0.05) is 6.07 Å². The molecule has 0 atom stereocenters. The lowest BCUT2D eigenvalue weighted by atomic mass is 10.3. The lowest BCUT2D eigenvalue weighted by Gasteiger charge is -2.09. The molecule has 0 saturated carbocycles. The summed E-state index contributed by atoms with van der Waals surface area (Å²) in [5, 5.41) is 10.2. The van der Waals surface area contributed by atoms with Gasteiger partial charge in [-0.25, -0.2) is 0 Å². The smallest absolute Gasteiger partial charge is 0.406 e. The molecule has 17 heavy (non-hydrogen) atoms. The molecule has 1 heterocycles. The topological polar surface area (TPSA) is 78.9 Å². The largest absolute Gasteiger partial charge is 0.573 e. The molecular weight excluding hydrogens is 239 g/mol. The van der Waals surface area contributed by atoms with Crippen LogP contribution in [0.4, 0.5) is 19.1 Å². The number of hydrogen-bond acceptors (Lipinski definition) is 5. The third-order valence-electron chi connectivity index (χ3n) is 1.79. The molecule has 0 aliphatic carbocycles. The van der Waals surface area contributed by atoms with E-state index >= 15 is 0 Å². The van der Waals surface area contributed by atoms with Crippen molar-refractivity contribution >= 4 is 5.95 Å². The highest BCUT2D eigenvalue weighted by Crippen LogP contribution is 2.24. The Bertz CT molecular complexity index is 524. The van der Waals surface area contributed by atoms with Gasteiger partial charge in [0.2, 0.25) is 5.95 Å². The van der Waals surface area contributed by atoms with Gasteiger partial charge in [0.1, 0.15) is 5.75 Å². The number of anilines is 1. The summed E-state index contributed by atoms with van der Waals surface area (Å²) >= 11 is 0. The zero-order valence-electron chi connectivity index (χ0n) is 8.22. The average molecular weight is 245 g/mol. The first-order chi connectivity index (χ1) is 7.96. The van der Waals surface area contributed by atoms with E-state index in [0.29, 0.717) is 0 Å². The van der Waals surface area contributed by atoms with Crippen LogP contribution in [0.2, 0.25) is 0 Å².